The van der Waals surface area contributed by atoms with E-state index in [4.69, 9.17) is 5.11 Å². The number of carbonyl (C=O) groups is 1. The first-order valence-electron chi connectivity index (χ1n) is 3.65. The monoisotopic (exact) mass is 233 g/mol. The quantitative estimate of drug-likeness (QED) is 0.378. The van der Waals surface area contributed by atoms with Crippen molar-refractivity contribution in [1.29, 1.82) is 0 Å². The summed E-state index contributed by atoms with van der Waals surface area (Å²) in [6, 6.07) is -0.158. The Labute approximate surface area is 105 Å². The number of aliphatic hydroxyl groups is 1. The predicted octanol–water partition coefficient (Wildman–Crippen LogP) is -4.23. The maximum Gasteiger partial charge on any atom is 1.00 e. The Morgan fingerprint density at radius 2 is 1.93 bits per heavy atom. The average molecular weight is 233 g/mol. The Bertz CT molecular complexity index is 276. The SMILES string of the molecule is CC(C)NC(=O)CC(O)S(=O)(=O)[O-].[Na+]. The number of rotatable bonds is 4. The summed E-state index contributed by atoms with van der Waals surface area (Å²) < 4.78 is 30.5. The molecule has 0 saturated carbocycles. The molecule has 0 aromatic rings. The summed E-state index contributed by atoms with van der Waals surface area (Å²) in [7, 11) is -4.79. The number of aliphatic hydroxyl groups excluding tert-OH is 1. The molecule has 0 aliphatic carbocycles. The first-order valence-corrected chi connectivity index (χ1v) is 5.12. The molecule has 78 valence electrons. The van der Waals surface area contributed by atoms with E-state index >= 15 is 0 Å². The van der Waals surface area contributed by atoms with Gasteiger partial charge in [0.25, 0.3) is 0 Å². The van der Waals surface area contributed by atoms with Crippen molar-refractivity contribution < 1.29 is 52.4 Å². The maximum atomic E-state index is 10.8. The topological polar surface area (TPSA) is 107 Å². The summed E-state index contributed by atoms with van der Waals surface area (Å²) >= 11 is 0. The van der Waals surface area contributed by atoms with Crippen LogP contribution in [0.2, 0.25) is 0 Å². The molecule has 0 fully saturated rings. The zero-order valence-electron chi connectivity index (χ0n) is 8.35. The molecule has 0 spiro atoms. The van der Waals surface area contributed by atoms with Gasteiger partial charge in [-0.25, -0.2) is 8.42 Å². The Hall–Kier alpha value is 0.340. The number of amides is 1. The Morgan fingerprint density at radius 1 is 1.50 bits per heavy atom. The van der Waals surface area contributed by atoms with E-state index in [9.17, 15) is 17.8 Å². The van der Waals surface area contributed by atoms with Crippen molar-refractivity contribution in [3.05, 3.63) is 0 Å². The minimum atomic E-state index is -4.79. The molecule has 6 nitrogen and oxygen atoms in total. The molecule has 1 unspecified atom stereocenters. The van der Waals surface area contributed by atoms with Gasteiger partial charge in [0.1, 0.15) is 10.1 Å². The molecule has 8 heteroatoms. The molecule has 14 heavy (non-hydrogen) atoms. The van der Waals surface area contributed by atoms with Gasteiger partial charge in [-0.1, -0.05) is 0 Å². The molecule has 1 amide bonds. The van der Waals surface area contributed by atoms with Crippen molar-refractivity contribution in [1.82, 2.24) is 5.32 Å². The molecule has 0 radical (unpaired) electrons. The van der Waals surface area contributed by atoms with Gasteiger partial charge in [0.05, 0.1) is 6.42 Å². The fraction of sp³-hybridized carbons (Fsp3) is 0.833. The number of nitrogens with one attached hydrogen (secondary N) is 1. The summed E-state index contributed by atoms with van der Waals surface area (Å²) in [6.07, 6.45) is -0.718. The molecule has 0 bridgehead atoms. The fourth-order valence-electron chi connectivity index (χ4n) is 0.642. The Morgan fingerprint density at radius 3 is 2.21 bits per heavy atom. The van der Waals surface area contributed by atoms with Crippen LogP contribution in [-0.4, -0.2) is 35.5 Å². The summed E-state index contributed by atoms with van der Waals surface area (Å²) in [5.74, 6) is -0.665. The van der Waals surface area contributed by atoms with Crippen molar-refractivity contribution >= 4 is 16.0 Å². The van der Waals surface area contributed by atoms with Gasteiger partial charge in [-0.2, -0.15) is 0 Å². The Balaban J connectivity index is 0. The van der Waals surface area contributed by atoms with Crippen LogP contribution in [0.4, 0.5) is 0 Å². The summed E-state index contributed by atoms with van der Waals surface area (Å²) in [4.78, 5) is 10.8. The standard InChI is InChI=1S/C6H13NO5S.Na/c1-4(2)7-5(8)3-6(9)13(10,11)12;/h4,6,9H,3H2,1-2H3,(H,7,8)(H,10,11,12);/q;+1/p-1. The zero-order valence-corrected chi connectivity index (χ0v) is 11.2. The second-order valence-electron chi connectivity index (χ2n) is 2.87. The van der Waals surface area contributed by atoms with E-state index in [1.165, 1.54) is 0 Å². The van der Waals surface area contributed by atoms with E-state index in [1.807, 2.05) is 0 Å². The molecule has 0 heterocycles. The average Bonchev–Trinajstić information content (AvgIpc) is 1.82. The van der Waals surface area contributed by atoms with Crippen LogP contribution in [0.1, 0.15) is 20.3 Å². The molecular weight excluding hydrogens is 221 g/mol. The smallest absolute Gasteiger partial charge is 0.746 e. The van der Waals surface area contributed by atoms with Crippen molar-refractivity contribution in [2.75, 3.05) is 0 Å². The minimum absolute atomic E-state index is 0. The van der Waals surface area contributed by atoms with Crippen LogP contribution in [0, 0.1) is 0 Å². The second kappa shape index (κ2) is 6.76. The van der Waals surface area contributed by atoms with Gasteiger partial charge < -0.3 is 15.0 Å². The summed E-state index contributed by atoms with van der Waals surface area (Å²) in [5.41, 5.74) is -2.16. The van der Waals surface area contributed by atoms with Gasteiger partial charge in [-0.3, -0.25) is 4.79 Å². The normalized spacial score (nSPS) is 13.2. The number of carbonyl (C=O) groups excluding carboxylic acids is 1. The van der Waals surface area contributed by atoms with Crippen LogP contribution in [0.5, 0.6) is 0 Å². The molecule has 0 rings (SSSR count). The van der Waals surface area contributed by atoms with Crippen LogP contribution < -0.4 is 34.9 Å². The van der Waals surface area contributed by atoms with Crippen LogP contribution in [0.25, 0.3) is 0 Å². The first kappa shape index (κ1) is 16.8. The largest absolute Gasteiger partial charge is 1.00 e. The van der Waals surface area contributed by atoms with Gasteiger partial charge in [-0.05, 0) is 13.8 Å². The van der Waals surface area contributed by atoms with Crippen LogP contribution in [0.3, 0.4) is 0 Å². The van der Waals surface area contributed by atoms with Gasteiger partial charge in [0.2, 0.25) is 5.91 Å². The van der Waals surface area contributed by atoms with E-state index in [-0.39, 0.29) is 35.6 Å². The second-order valence-corrected chi connectivity index (χ2v) is 4.40. The Kier molecular flexibility index (Phi) is 8.09. The molecule has 1 atom stereocenters. The van der Waals surface area contributed by atoms with Crippen LogP contribution in [-0.2, 0) is 14.9 Å². The molecule has 2 N–H and O–H groups in total. The van der Waals surface area contributed by atoms with E-state index in [0.29, 0.717) is 0 Å². The fourth-order valence-corrected chi connectivity index (χ4v) is 0.997. The summed E-state index contributed by atoms with van der Waals surface area (Å²) in [6.45, 7) is 3.35. The molecule has 0 aromatic heterocycles. The third-order valence-electron chi connectivity index (χ3n) is 1.14. The van der Waals surface area contributed by atoms with E-state index in [2.05, 4.69) is 5.32 Å². The van der Waals surface area contributed by atoms with E-state index in [0.717, 1.165) is 0 Å². The molecular formula is C6H12NNaO5S. The van der Waals surface area contributed by atoms with E-state index < -0.39 is 27.9 Å². The van der Waals surface area contributed by atoms with Crippen LogP contribution in [0.15, 0.2) is 0 Å². The molecule has 0 aromatic carbocycles. The number of hydrogen-bond donors (Lipinski definition) is 2. The third-order valence-corrected chi connectivity index (χ3v) is 1.98. The maximum absolute atomic E-state index is 10.8. The minimum Gasteiger partial charge on any atom is -0.746 e. The predicted molar refractivity (Wildman–Crippen MR) is 43.6 cm³/mol. The van der Waals surface area contributed by atoms with Crippen molar-refractivity contribution in [2.24, 2.45) is 0 Å². The zero-order chi connectivity index (χ0) is 10.6. The van der Waals surface area contributed by atoms with E-state index in [1.54, 1.807) is 13.8 Å². The van der Waals surface area contributed by atoms with Gasteiger partial charge in [0, 0.05) is 6.04 Å². The van der Waals surface area contributed by atoms with Gasteiger partial charge in [-0.15, -0.1) is 0 Å². The molecule has 0 saturated heterocycles. The van der Waals surface area contributed by atoms with Crippen LogP contribution >= 0.6 is 0 Å². The van der Waals surface area contributed by atoms with Crippen molar-refractivity contribution in [3.63, 3.8) is 0 Å². The third kappa shape index (κ3) is 7.72. The number of hydrogen-bond acceptors (Lipinski definition) is 5. The van der Waals surface area contributed by atoms with Crippen molar-refractivity contribution in [2.45, 2.75) is 31.7 Å². The summed E-state index contributed by atoms with van der Waals surface area (Å²) in [5, 5.41) is 11.1. The van der Waals surface area contributed by atoms with Crippen molar-refractivity contribution in [3.8, 4) is 0 Å². The first-order chi connectivity index (χ1) is 5.73. The van der Waals surface area contributed by atoms with Gasteiger partial charge >= 0.3 is 29.6 Å². The molecule has 0 aliphatic rings. The van der Waals surface area contributed by atoms with Gasteiger partial charge in [0.15, 0.2) is 5.44 Å². The molecule has 0 aliphatic heterocycles.